The predicted octanol–water partition coefficient (Wildman–Crippen LogP) is 0.359. The number of H-pyrrole nitrogens is 1. The summed E-state index contributed by atoms with van der Waals surface area (Å²) < 4.78 is 0. The van der Waals surface area contributed by atoms with E-state index in [1.807, 2.05) is 6.20 Å². The summed E-state index contributed by atoms with van der Waals surface area (Å²) in [7, 11) is 0. The van der Waals surface area contributed by atoms with E-state index in [0.717, 1.165) is 31.6 Å². The first kappa shape index (κ1) is 10.2. The molecule has 0 radical (unpaired) electrons. The van der Waals surface area contributed by atoms with Crippen LogP contribution in [0.5, 0.6) is 0 Å². The van der Waals surface area contributed by atoms with Crippen molar-refractivity contribution in [3.8, 4) is 0 Å². The lowest BCUT2D eigenvalue weighted by Gasteiger charge is -2.13. The van der Waals surface area contributed by atoms with E-state index in [1.54, 1.807) is 6.33 Å². The van der Waals surface area contributed by atoms with E-state index < -0.39 is 5.97 Å². The molecule has 1 fully saturated rings. The van der Waals surface area contributed by atoms with Gasteiger partial charge in [-0.2, -0.15) is 0 Å². The van der Waals surface area contributed by atoms with Crippen LogP contribution >= 0.6 is 0 Å². The van der Waals surface area contributed by atoms with Crippen molar-refractivity contribution in [2.24, 2.45) is 5.92 Å². The van der Waals surface area contributed by atoms with Gasteiger partial charge in [-0.3, -0.25) is 4.79 Å². The zero-order chi connectivity index (χ0) is 10.7. The van der Waals surface area contributed by atoms with Crippen LogP contribution in [0.2, 0.25) is 0 Å². The van der Waals surface area contributed by atoms with Gasteiger partial charge >= 0.3 is 5.97 Å². The third-order valence-corrected chi connectivity index (χ3v) is 2.87. The monoisotopic (exact) mass is 209 g/mol. The SMILES string of the molecule is O=C(O)[C@@H]1CCN(CCc2cnc[nH]2)C1. The summed E-state index contributed by atoms with van der Waals surface area (Å²) in [6.45, 7) is 2.49. The molecule has 1 aliphatic heterocycles. The molecule has 5 nitrogen and oxygen atoms in total. The lowest BCUT2D eigenvalue weighted by Crippen LogP contribution is -2.25. The quantitative estimate of drug-likeness (QED) is 0.751. The highest BCUT2D eigenvalue weighted by atomic mass is 16.4. The molecular formula is C10H15N3O2. The summed E-state index contributed by atoms with van der Waals surface area (Å²) in [5, 5.41) is 8.84. The Hall–Kier alpha value is -1.36. The number of hydrogen-bond donors (Lipinski definition) is 2. The average Bonchev–Trinajstić information content (AvgIpc) is 2.86. The summed E-state index contributed by atoms with van der Waals surface area (Å²) in [5.41, 5.74) is 1.11. The van der Waals surface area contributed by atoms with Crippen LogP contribution in [0.3, 0.4) is 0 Å². The van der Waals surface area contributed by atoms with Crippen molar-refractivity contribution >= 4 is 5.97 Å². The Kier molecular flexibility index (Phi) is 3.01. The van der Waals surface area contributed by atoms with Crippen LogP contribution in [-0.4, -0.2) is 45.6 Å². The molecule has 0 amide bonds. The number of hydrogen-bond acceptors (Lipinski definition) is 3. The van der Waals surface area contributed by atoms with Gasteiger partial charge in [0, 0.05) is 31.4 Å². The lowest BCUT2D eigenvalue weighted by molar-refractivity contribution is -0.141. The fourth-order valence-corrected chi connectivity index (χ4v) is 1.94. The van der Waals surface area contributed by atoms with Gasteiger partial charge in [-0.25, -0.2) is 4.98 Å². The second-order valence-electron chi connectivity index (χ2n) is 3.95. The molecule has 1 aromatic heterocycles. The first-order valence-corrected chi connectivity index (χ1v) is 5.18. The van der Waals surface area contributed by atoms with Crippen LogP contribution in [0.1, 0.15) is 12.1 Å². The van der Waals surface area contributed by atoms with Crippen LogP contribution in [0.15, 0.2) is 12.5 Å². The van der Waals surface area contributed by atoms with E-state index in [2.05, 4.69) is 14.9 Å². The average molecular weight is 209 g/mol. The molecule has 0 unspecified atom stereocenters. The zero-order valence-electron chi connectivity index (χ0n) is 8.52. The van der Waals surface area contributed by atoms with E-state index >= 15 is 0 Å². The van der Waals surface area contributed by atoms with Gasteiger partial charge in [0.15, 0.2) is 0 Å². The maximum atomic E-state index is 10.7. The van der Waals surface area contributed by atoms with Crippen molar-refractivity contribution < 1.29 is 9.90 Å². The van der Waals surface area contributed by atoms with Crippen LogP contribution in [0, 0.1) is 5.92 Å². The van der Waals surface area contributed by atoms with Gasteiger partial charge in [0.1, 0.15) is 0 Å². The smallest absolute Gasteiger partial charge is 0.307 e. The number of carboxylic acids is 1. The molecule has 2 rings (SSSR count). The molecule has 0 spiro atoms. The molecule has 0 aliphatic carbocycles. The second-order valence-corrected chi connectivity index (χ2v) is 3.95. The first-order chi connectivity index (χ1) is 7.25. The number of nitrogens with one attached hydrogen (secondary N) is 1. The van der Waals surface area contributed by atoms with Crippen LogP contribution in [-0.2, 0) is 11.2 Å². The third kappa shape index (κ3) is 2.56. The lowest BCUT2D eigenvalue weighted by atomic mass is 10.1. The molecule has 1 aliphatic rings. The standard InChI is InChI=1S/C10H15N3O2/c14-10(15)8-1-3-13(6-8)4-2-9-5-11-7-12-9/h5,7-8H,1-4,6H2,(H,11,12)(H,14,15)/t8-/m1/s1. The third-order valence-electron chi connectivity index (χ3n) is 2.87. The molecule has 1 atom stereocenters. The van der Waals surface area contributed by atoms with Crippen LogP contribution in [0.25, 0.3) is 0 Å². The van der Waals surface area contributed by atoms with Crippen molar-refractivity contribution in [3.63, 3.8) is 0 Å². The Morgan fingerprint density at radius 1 is 1.73 bits per heavy atom. The molecule has 0 saturated carbocycles. The minimum absolute atomic E-state index is 0.174. The zero-order valence-corrected chi connectivity index (χ0v) is 8.52. The molecule has 0 aromatic carbocycles. The normalized spacial score (nSPS) is 22.0. The predicted molar refractivity (Wildman–Crippen MR) is 54.5 cm³/mol. The van der Waals surface area contributed by atoms with E-state index in [0.29, 0.717) is 6.54 Å². The molecule has 82 valence electrons. The van der Waals surface area contributed by atoms with E-state index in [-0.39, 0.29) is 5.92 Å². The number of carbonyl (C=O) groups is 1. The van der Waals surface area contributed by atoms with Crippen molar-refractivity contribution in [2.45, 2.75) is 12.8 Å². The topological polar surface area (TPSA) is 69.2 Å². The minimum Gasteiger partial charge on any atom is -0.481 e. The molecule has 5 heteroatoms. The molecule has 0 bridgehead atoms. The molecular weight excluding hydrogens is 194 g/mol. The molecule has 2 heterocycles. The Morgan fingerprint density at radius 3 is 3.20 bits per heavy atom. The second kappa shape index (κ2) is 4.44. The van der Waals surface area contributed by atoms with Gasteiger partial charge in [-0.05, 0) is 13.0 Å². The van der Waals surface area contributed by atoms with E-state index in [1.165, 1.54) is 0 Å². The molecule has 2 N–H and O–H groups in total. The summed E-state index contributed by atoms with van der Waals surface area (Å²) in [4.78, 5) is 19.9. The summed E-state index contributed by atoms with van der Waals surface area (Å²) in [5.74, 6) is -0.842. The van der Waals surface area contributed by atoms with Gasteiger partial charge in [-0.1, -0.05) is 0 Å². The van der Waals surface area contributed by atoms with Gasteiger partial charge in [0.05, 0.1) is 12.2 Å². The minimum atomic E-state index is -0.668. The van der Waals surface area contributed by atoms with Crippen molar-refractivity contribution in [3.05, 3.63) is 18.2 Å². The highest BCUT2D eigenvalue weighted by Crippen LogP contribution is 2.16. The molecule has 15 heavy (non-hydrogen) atoms. The van der Waals surface area contributed by atoms with Crippen LogP contribution in [0.4, 0.5) is 0 Å². The maximum absolute atomic E-state index is 10.7. The van der Waals surface area contributed by atoms with Gasteiger partial charge in [0.2, 0.25) is 0 Å². The van der Waals surface area contributed by atoms with Gasteiger partial charge in [-0.15, -0.1) is 0 Å². The Morgan fingerprint density at radius 2 is 2.60 bits per heavy atom. The highest BCUT2D eigenvalue weighted by molar-refractivity contribution is 5.70. The number of nitrogens with zero attached hydrogens (tertiary/aromatic N) is 2. The number of aromatic nitrogens is 2. The van der Waals surface area contributed by atoms with E-state index in [9.17, 15) is 4.79 Å². The van der Waals surface area contributed by atoms with Crippen molar-refractivity contribution in [2.75, 3.05) is 19.6 Å². The Labute approximate surface area is 88.1 Å². The number of rotatable bonds is 4. The fourth-order valence-electron chi connectivity index (χ4n) is 1.94. The number of aliphatic carboxylic acids is 1. The summed E-state index contributed by atoms with van der Waals surface area (Å²) >= 11 is 0. The van der Waals surface area contributed by atoms with Gasteiger partial charge < -0.3 is 15.0 Å². The molecule has 1 saturated heterocycles. The Bertz CT molecular complexity index is 323. The van der Waals surface area contributed by atoms with E-state index in [4.69, 9.17) is 5.11 Å². The summed E-state index contributed by atoms with van der Waals surface area (Å²) in [6, 6.07) is 0. The molecule has 1 aromatic rings. The van der Waals surface area contributed by atoms with Crippen molar-refractivity contribution in [1.29, 1.82) is 0 Å². The Balaban J connectivity index is 1.75. The number of likely N-dealkylation sites (tertiary alicyclic amines) is 1. The fraction of sp³-hybridized carbons (Fsp3) is 0.600. The summed E-state index contributed by atoms with van der Waals surface area (Å²) in [6.07, 6.45) is 5.16. The largest absolute Gasteiger partial charge is 0.481 e. The number of aromatic amines is 1. The number of carboxylic acid groups (broad SMARTS) is 1. The highest BCUT2D eigenvalue weighted by Gasteiger charge is 2.27. The number of imidazole rings is 1. The van der Waals surface area contributed by atoms with Gasteiger partial charge in [0.25, 0.3) is 0 Å². The van der Waals surface area contributed by atoms with Crippen LogP contribution < -0.4 is 0 Å². The van der Waals surface area contributed by atoms with Crippen molar-refractivity contribution in [1.82, 2.24) is 14.9 Å². The first-order valence-electron chi connectivity index (χ1n) is 5.18. The maximum Gasteiger partial charge on any atom is 0.307 e.